The Kier molecular flexibility index (Phi) is 10.8. The van der Waals surface area contributed by atoms with Crippen molar-refractivity contribution in [2.24, 2.45) is 0 Å². The van der Waals surface area contributed by atoms with Gasteiger partial charge in [-0.2, -0.15) is 0 Å². The largest absolute Gasteiger partial charge is 0.488 e. The van der Waals surface area contributed by atoms with Crippen LogP contribution in [0.4, 0.5) is 0 Å². The van der Waals surface area contributed by atoms with Crippen LogP contribution in [0.1, 0.15) is 33.9 Å². The van der Waals surface area contributed by atoms with E-state index in [2.05, 4.69) is 45.5 Å². The smallest absolute Gasteiger partial charge is 0.307 e. The van der Waals surface area contributed by atoms with Crippen molar-refractivity contribution in [1.82, 2.24) is 5.32 Å². The molecule has 0 spiro atoms. The molecule has 7 heteroatoms. The summed E-state index contributed by atoms with van der Waals surface area (Å²) in [6.45, 7) is 0.277. The van der Waals surface area contributed by atoms with Gasteiger partial charge in [-0.1, -0.05) is 131 Å². The number of halogens is 1. The van der Waals surface area contributed by atoms with Gasteiger partial charge in [-0.25, -0.2) is 0 Å². The molecule has 6 nitrogen and oxygen atoms in total. The Morgan fingerprint density at radius 3 is 2.02 bits per heavy atom. The number of rotatable bonds is 12. The van der Waals surface area contributed by atoms with Crippen LogP contribution in [0.25, 0.3) is 22.3 Å². The molecule has 6 aromatic rings. The van der Waals surface area contributed by atoms with Crippen molar-refractivity contribution in [2.75, 3.05) is 7.11 Å². The first-order chi connectivity index (χ1) is 24.0. The molecular formula is C42H34BrNO5. The fraction of sp³-hybridized carbons (Fsp3) is 0.0952. The van der Waals surface area contributed by atoms with Crippen molar-refractivity contribution in [3.05, 3.63) is 173 Å². The molecule has 0 radical (unpaired) electrons. The maximum Gasteiger partial charge on any atom is 0.307 e. The van der Waals surface area contributed by atoms with Gasteiger partial charge >= 0.3 is 5.97 Å². The van der Waals surface area contributed by atoms with E-state index in [9.17, 15) is 9.59 Å². The Hall–Kier alpha value is -5.66. The Morgan fingerprint density at radius 1 is 0.673 bits per heavy atom. The summed E-state index contributed by atoms with van der Waals surface area (Å²) < 4.78 is 18.0. The third kappa shape index (κ3) is 8.63. The van der Waals surface area contributed by atoms with Crippen molar-refractivity contribution in [3.8, 4) is 39.5 Å². The van der Waals surface area contributed by atoms with E-state index in [0.717, 1.165) is 49.4 Å². The van der Waals surface area contributed by atoms with Gasteiger partial charge in [-0.3, -0.25) is 9.59 Å². The van der Waals surface area contributed by atoms with Gasteiger partial charge in [0.05, 0.1) is 25.1 Å². The highest BCUT2D eigenvalue weighted by atomic mass is 79.9. The molecule has 0 aliphatic rings. The lowest BCUT2D eigenvalue weighted by Gasteiger charge is -2.20. The van der Waals surface area contributed by atoms with Crippen molar-refractivity contribution < 1.29 is 23.8 Å². The lowest BCUT2D eigenvalue weighted by molar-refractivity contribution is -0.141. The number of ether oxygens (including phenoxy) is 3. The zero-order valence-corrected chi connectivity index (χ0v) is 28.4. The molecule has 1 unspecified atom stereocenters. The van der Waals surface area contributed by atoms with E-state index in [-0.39, 0.29) is 18.9 Å². The summed E-state index contributed by atoms with van der Waals surface area (Å²) in [5.74, 6) is 1.06. The number of hydrogen-bond acceptors (Lipinski definition) is 5. The first-order valence-electron chi connectivity index (χ1n) is 15.8. The van der Waals surface area contributed by atoms with Crippen molar-refractivity contribution in [2.45, 2.75) is 19.1 Å². The van der Waals surface area contributed by atoms with Crippen LogP contribution in [0.2, 0.25) is 0 Å². The minimum Gasteiger partial charge on any atom is -0.488 e. The number of nitrogens with one attached hydrogen (secondary N) is 1. The van der Waals surface area contributed by atoms with Gasteiger partial charge < -0.3 is 19.5 Å². The summed E-state index contributed by atoms with van der Waals surface area (Å²) in [6.07, 6.45) is -0.0484. The van der Waals surface area contributed by atoms with Crippen LogP contribution >= 0.6 is 15.9 Å². The molecule has 0 bridgehead atoms. The Bertz CT molecular complexity index is 2010. The molecule has 0 saturated carbocycles. The first-order valence-corrected chi connectivity index (χ1v) is 16.6. The van der Waals surface area contributed by atoms with E-state index in [1.165, 1.54) is 7.11 Å². The number of carbonyl (C=O) groups is 2. The fourth-order valence-electron chi connectivity index (χ4n) is 5.43. The monoisotopic (exact) mass is 711 g/mol. The second-order valence-electron chi connectivity index (χ2n) is 11.3. The normalized spacial score (nSPS) is 11.3. The molecule has 0 heterocycles. The van der Waals surface area contributed by atoms with E-state index >= 15 is 0 Å². The Morgan fingerprint density at radius 2 is 1.31 bits per heavy atom. The number of esters is 1. The molecular weight excluding hydrogens is 678 g/mol. The predicted octanol–water partition coefficient (Wildman–Crippen LogP) is 10.2. The van der Waals surface area contributed by atoms with E-state index in [0.29, 0.717) is 11.3 Å². The summed E-state index contributed by atoms with van der Waals surface area (Å²) in [4.78, 5) is 26.3. The highest BCUT2D eigenvalue weighted by Crippen LogP contribution is 2.34. The summed E-state index contributed by atoms with van der Waals surface area (Å²) in [6, 6.07) is 48.1. The van der Waals surface area contributed by atoms with Gasteiger partial charge in [0.2, 0.25) is 0 Å². The Labute approximate surface area is 294 Å². The maximum absolute atomic E-state index is 13.8. The molecule has 1 N–H and O–H groups in total. The quantitative estimate of drug-likeness (QED) is 0.128. The summed E-state index contributed by atoms with van der Waals surface area (Å²) in [5, 5.41) is 3.04. The van der Waals surface area contributed by atoms with Gasteiger partial charge in [0, 0.05) is 10.0 Å². The van der Waals surface area contributed by atoms with Crippen molar-refractivity contribution in [3.63, 3.8) is 0 Å². The number of carbonyl (C=O) groups excluding carboxylic acids is 2. The third-order valence-corrected chi connectivity index (χ3v) is 8.52. The van der Waals surface area contributed by atoms with Crippen LogP contribution in [-0.2, 0) is 16.1 Å². The minimum atomic E-state index is -0.651. The molecule has 6 aromatic carbocycles. The van der Waals surface area contributed by atoms with Crippen LogP contribution in [-0.4, -0.2) is 19.0 Å². The van der Waals surface area contributed by atoms with Gasteiger partial charge in [0.15, 0.2) is 0 Å². The van der Waals surface area contributed by atoms with E-state index in [1.807, 2.05) is 115 Å². The lowest BCUT2D eigenvalue weighted by atomic mass is 9.98. The van der Waals surface area contributed by atoms with Crippen LogP contribution in [0.5, 0.6) is 17.2 Å². The summed E-state index contributed by atoms with van der Waals surface area (Å²) in [7, 11) is 1.33. The van der Waals surface area contributed by atoms with Gasteiger partial charge in [-0.15, -0.1) is 0 Å². The first kappa shape index (κ1) is 33.2. The molecule has 0 aliphatic carbocycles. The summed E-state index contributed by atoms with van der Waals surface area (Å²) >= 11 is 3.49. The number of amides is 1. The standard InChI is InChI=1S/C42H34BrNO5/c1-47-41(45)27-38(33-22-20-32(21-23-33)36-14-8-9-15-40(36)49-35-12-6-3-7-13-35)44-42(46)37-26-34(43)24-25-39(37)48-28-29-16-18-31(19-17-29)30-10-4-2-5-11-30/h2-26,38H,27-28H2,1H3,(H,44,46). The minimum absolute atomic E-state index is 0.0484. The van der Waals surface area contributed by atoms with E-state index < -0.39 is 12.0 Å². The molecule has 6 rings (SSSR count). The van der Waals surface area contributed by atoms with Crippen LogP contribution in [0.15, 0.2) is 156 Å². The molecule has 0 aromatic heterocycles. The average Bonchev–Trinajstić information content (AvgIpc) is 3.15. The van der Waals surface area contributed by atoms with E-state index in [4.69, 9.17) is 14.2 Å². The average molecular weight is 713 g/mol. The van der Waals surface area contributed by atoms with Gasteiger partial charge in [0.1, 0.15) is 23.9 Å². The topological polar surface area (TPSA) is 73.9 Å². The molecule has 1 atom stereocenters. The zero-order chi connectivity index (χ0) is 34.0. The van der Waals surface area contributed by atoms with Gasteiger partial charge in [-0.05, 0) is 64.2 Å². The molecule has 49 heavy (non-hydrogen) atoms. The number of benzene rings is 6. The summed E-state index contributed by atoms with van der Waals surface area (Å²) in [5.41, 5.74) is 6.15. The highest BCUT2D eigenvalue weighted by Gasteiger charge is 2.23. The lowest BCUT2D eigenvalue weighted by Crippen LogP contribution is -2.31. The van der Waals surface area contributed by atoms with Crippen molar-refractivity contribution in [1.29, 1.82) is 0 Å². The molecule has 1 amide bonds. The van der Waals surface area contributed by atoms with Crippen LogP contribution in [0.3, 0.4) is 0 Å². The zero-order valence-electron chi connectivity index (χ0n) is 26.8. The fourth-order valence-corrected chi connectivity index (χ4v) is 5.79. The predicted molar refractivity (Wildman–Crippen MR) is 196 cm³/mol. The molecule has 0 fully saturated rings. The Balaban J connectivity index is 1.19. The second-order valence-corrected chi connectivity index (χ2v) is 12.2. The van der Waals surface area contributed by atoms with Gasteiger partial charge in [0.25, 0.3) is 5.91 Å². The maximum atomic E-state index is 13.8. The van der Waals surface area contributed by atoms with Crippen LogP contribution < -0.4 is 14.8 Å². The third-order valence-electron chi connectivity index (χ3n) is 8.03. The molecule has 244 valence electrons. The highest BCUT2D eigenvalue weighted by molar-refractivity contribution is 9.10. The van der Waals surface area contributed by atoms with E-state index in [1.54, 1.807) is 12.1 Å². The number of para-hydroxylation sites is 2. The number of hydrogen-bond donors (Lipinski definition) is 1. The second kappa shape index (κ2) is 16.0. The molecule has 0 aliphatic heterocycles. The molecule has 0 saturated heterocycles. The van der Waals surface area contributed by atoms with Crippen molar-refractivity contribution >= 4 is 27.8 Å². The van der Waals surface area contributed by atoms with Crippen LogP contribution in [0, 0.1) is 0 Å². The SMILES string of the molecule is COC(=O)CC(NC(=O)c1cc(Br)ccc1OCc1ccc(-c2ccccc2)cc1)c1ccc(-c2ccccc2Oc2ccccc2)cc1. The number of methoxy groups -OCH3 is 1.